The van der Waals surface area contributed by atoms with Crippen molar-refractivity contribution >= 4 is 12.6 Å². The normalized spacial score (nSPS) is 21.8. The van der Waals surface area contributed by atoms with Gasteiger partial charge in [0.25, 0.3) is 0 Å². The molecule has 1 aliphatic carbocycles. The van der Waals surface area contributed by atoms with Crippen molar-refractivity contribution in [1.82, 2.24) is 0 Å². The molecule has 96 valence electrons. The molecule has 1 atom stereocenters. The topological polar surface area (TPSA) is 34.1 Å². The summed E-state index contributed by atoms with van der Waals surface area (Å²) in [4.78, 5) is 19.0. The van der Waals surface area contributed by atoms with Crippen molar-refractivity contribution < 1.29 is 9.59 Å². The van der Waals surface area contributed by atoms with Crippen molar-refractivity contribution in [2.24, 2.45) is 11.3 Å². The number of ketones is 1. The van der Waals surface area contributed by atoms with Crippen LogP contribution < -0.4 is 0 Å². The Morgan fingerprint density at radius 2 is 1.94 bits per heavy atom. The predicted octanol–water partition coefficient (Wildman–Crippen LogP) is 3.72. The van der Waals surface area contributed by atoms with E-state index < -0.39 is 0 Å². The van der Waals surface area contributed by atoms with E-state index in [1.165, 1.54) is 11.1 Å². The number of Topliss-reactive ketones (excluding diaryl/α,β-unsaturated/α-hetero) is 1. The first-order chi connectivity index (χ1) is 7.85. The highest BCUT2D eigenvalue weighted by Crippen LogP contribution is 2.42. The van der Waals surface area contributed by atoms with Gasteiger partial charge in [0.1, 0.15) is 12.6 Å². The van der Waals surface area contributed by atoms with E-state index >= 15 is 0 Å². The first kappa shape index (κ1) is 15.8. The molecule has 0 spiro atoms. The average molecular weight is 236 g/mol. The summed E-state index contributed by atoms with van der Waals surface area (Å²) in [5, 5.41) is 0. The van der Waals surface area contributed by atoms with Gasteiger partial charge in [-0.3, -0.25) is 0 Å². The number of rotatable bonds is 3. The summed E-state index contributed by atoms with van der Waals surface area (Å²) in [6.45, 7) is 12.6. The Morgan fingerprint density at radius 3 is 2.41 bits per heavy atom. The Balaban J connectivity index is 0.00000121. The van der Waals surface area contributed by atoms with Gasteiger partial charge in [-0.2, -0.15) is 0 Å². The molecule has 17 heavy (non-hydrogen) atoms. The average Bonchev–Trinajstić information content (AvgIpc) is 2.26. The highest BCUT2D eigenvalue weighted by atomic mass is 16.1. The monoisotopic (exact) mass is 236 g/mol. The minimum absolute atomic E-state index is 0.203. The van der Waals surface area contributed by atoms with Gasteiger partial charge in [-0.15, -0.1) is 0 Å². The van der Waals surface area contributed by atoms with Crippen LogP contribution in [0.2, 0.25) is 0 Å². The van der Waals surface area contributed by atoms with Crippen LogP contribution in [0.4, 0.5) is 0 Å². The van der Waals surface area contributed by atoms with Crippen molar-refractivity contribution in [2.75, 3.05) is 0 Å². The molecule has 1 unspecified atom stereocenters. The molecule has 0 aromatic heterocycles. The summed E-state index contributed by atoms with van der Waals surface area (Å²) in [6.07, 6.45) is 6.07. The SMILES string of the molecule is C=O.CC(=O)CCC1=C(C)C=CC(C)C1(C)C. The van der Waals surface area contributed by atoms with E-state index in [4.69, 9.17) is 4.79 Å². The molecular formula is C15H24O2. The first-order valence-corrected chi connectivity index (χ1v) is 6.02. The van der Waals surface area contributed by atoms with Crippen LogP contribution >= 0.6 is 0 Å². The lowest BCUT2D eigenvalue weighted by atomic mass is 9.68. The van der Waals surface area contributed by atoms with Crippen LogP contribution in [-0.4, -0.2) is 12.6 Å². The first-order valence-electron chi connectivity index (χ1n) is 6.02. The van der Waals surface area contributed by atoms with Crippen LogP contribution in [0.1, 0.15) is 47.5 Å². The molecule has 0 saturated heterocycles. The third-order valence-corrected chi connectivity index (χ3v) is 3.75. The molecule has 0 bridgehead atoms. The third kappa shape index (κ3) is 3.95. The molecule has 0 N–H and O–H groups in total. The molecule has 0 aromatic carbocycles. The van der Waals surface area contributed by atoms with Gasteiger partial charge >= 0.3 is 0 Å². The van der Waals surface area contributed by atoms with Gasteiger partial charge in [0.2, 0.25) is 0 Å². The summed E-state index contributed by atoms with van der Waals surface area (Å²) in [5.74, 6) is 0.844. The molecule has 2 nitrogen and oxygen atoms in total. The largest absolute Gasteiger partial charge is 0.307 e. The molecule has 0 amide bonds. The highest BCUT2D eigenvalue weighted by molar-refractivity contribution is 5.75. The van der Waals surface area contributed by atoms with Gasteiger partial charge in [0.15, 0.2) is 0 Å². The molecule has 0 aliphatic heterocycles. The lowest BCUT2D eigenvalue weighted by Crippen LogP contribution is -2.26. The number of hydrogen-bond acceptors (Lipinski definition) is 2. The maximum absolute atomic E-state index is 11.0. The minimum atomic E-state index is 0.203. The molecule has 1 rings (SSSR count). The predicted molar refractivity (Wildman–Crippen MR) is 71.8 cm³/mol. The van der Waals surface area contributed by atoms with Crippen molar-refractivity contribution in [2.45, 2.75) is 47.5 Å². The lowest BCUT2D eigenvalue weighted by molar-refractivity contribution is -0.117. The van der Waals surface area contributed by atoms with Gasteiger partial charge < -0.3 is 9.59 Å². The van der Waals surface area contributed by atoms with Crippen LogP contribution in [0.25, 0.3) is 0 Å². The molecule has 0 fully saturated rings. The van der Waals surface area contributed by atoms with Crippen molar-refractivity contribution in [3.8, 4) is 0 Å². The molecule has 1 aliphatic rings. The second kappa shape index (κ2) is 6.53. The van der Waals surface area contributed by atoms with Crippen LogP contribution in [0.15, 0.2) is 23.3 Å². The maximum atomic E-state index is 11.0. The van der Waals surface area contributed by atoms with E-state index in [0.29, 0.717) is 12.3 Å². The molecule has 0 saturated carbocycles. The van der Waals surface area contributed by atoms with Gasteiger partial charge in [-0.1, -0.05) is 44.1 Å². The van der Waals surface area contributed by atoms with Gasteiger partial charge in [0.05, 0.1) is 0 Å². The lowest BCUT2D eigenvalue weighted by Gasteiger charge is -2.37. The Labute approximate surface area is 105 Å². The minimum Gasteiger partial charge on any atom is -0.307 e. The van der Waals surface area contributed by atoms with E-state index in [1.807, 2.05) is 6.79 Å². The standard InChI is InChI=1S/C14H22O.CH2O/c1-10-6-7-11(2)14(4,5)13(10)9-8-12(3)15;1-2/h6-7,11H,8-9H2,1-5H3;1H2. The molecule has 0 radical (unpaired) electrons. The smallest absolute Gasteiger partial charge is 0.130 e. The molecule has 0 heterocycles. The van der Waals surface area contributed by atoms with Crippen LogP contribution in [-0.2, 0) is 9.59 Å². The summed E-state index contributed by atoms with van der Waals surface area (Å²) in [7, 11) is 0. The quantitative estimate of drug-likeness (QED) is 0.748. The van der Waals surface area contributed by atoms with E-state index in [1.54, 1.807) is 6.92 Å². The van der Waals surface area contributed by atoms with E-state index in [2.05, 4.69) is 39.8 Å². The zero-order chi connectivity index (χ0) is 13.6. The fourth-order valence-corrected chi connectivity index (χ4v) is 2.23. The Bertz CT molecular complexity index is 335. The number of allylic oxidation sites excluding steroid dienone is 4. The van der Waals surface area contributed by atoms with Gasteiger partial charge in [-0.05, 0) is 31.6 Å². The summed E-state index contributed by atoms with van der Waals surface area (Å²) in [5.41, 5.74) is 3.00. The Hall–Kier alpha value is -1.18. The van der Waals surface area contributed by atoms with E-state index in [9.17, 15) is 4.79 Å². The van der Waals surface area contributed by atoms with E-state index in [0.717, 1.165) is 6.42 Å². The zero-order valence-electron chi connectivity index (χ0n) is 11.7. The second-order valence-corrected chi connectivity index (χ2v) is 5.23. The highest BCUT2D eigenvalue weighted by Gasteiger charge is 2.31. The second-order valence-electron chi connectivity index (χ2n) is 5.23. The van der Waals surface area contributed by atoms with Crippen molar-refractivity contribution in [1.29, 1.82) is 0 Å². The zero-order valence-corrected chi connectivity index (χ0v) is 11.7. The molecular weight excluding hydrogens is 212 g/mol. The fraction of sp³-hybridized carbons (Fsp3) is 0.600. The summed E-state index contributed by atoms with van der Waals surface area (Å²) >= 11 is 0. The van der Waals surface area contributed by atoms with Crippen LogP contribution in [0.3, 0.4) is 0 Å². The van der Waals surface area contributed by atoms with Crippen molar-refractivity contribution in [3.63, 3.8) is 0 Å². The van der Waals surface area contributed by atoms with Gasteiger partial charge in [0, 0.05) is 6.42 Å². The molecule has 0 aromatic rings. The fourth-order valence-electron chi connectivity index (χ4n) is 2.23. The number of carbonyl (C=O) groups excluding carboxylic acids is 2. The molecule has 2 heteroatoms. The summed E-state index contributed by atoms with van der Waals surface area (Å²) < 4.78 is 0. The number of hydrogen-bond donors (Lipinski definition) is 0. The number of carbonyl (C=O) groups is 2. The van der Waals surface area contributed by atoms with Crippen LogP contribution in [0, 0.1) is 11.3 Å². The maximum Gasteiger partial charge on any atom is 0.130 e. The van der Waals surface area contributed by atoms with Crippen molar-refractivity contribution in [3.05, 3.63) is 23.3 Å². The van der Waals surface area contributed by atoms with Gasteiger partial charge in [-0.25, -0.2) is 0 Å². The Kier molecular flexibility index (Phi) is 6.08. The third-order valence-electron chi connectivity index (χ3n) is 3.75. The van der Waals surface area contributed by atoms with Crippen LogP contribution in [0.5, 0.6) is 0 Å². The summed E-state index contributed by atoms with van der Waals surface area (Å²) in [6, 6.07) is 0. The Morgan fingerprint density at radius 1 is 1.41 bits per heavy atom. The van der Waals surface area contributed by atoms with E-state index in [-0.39, 0.29) is 11.2 Å².